The molecule has 0 bridgehead atoms. The largest absolute Gasteiger partial charge is 0.378 e. The van der Waals surface area contributed by atoms with Crippen LogP contribution in [-0.2, 0) is 6.54 Å². The number of benzene rings is 2. The van der Waals surface area contributed by atoms with Crippen LogP contribution in [0.2, 0.25) is 0 Å². The molecule has 5 nitrogen and oxygen atoms in total. The average Bonchev–Trinajstić information content (AvgIpc) is 2.97. The Kier molecular flexibility index (Phi) is 5.28. The van der Waals surface area contributed by atoms with Gasteiger partial charge in [-0.3, -0.25) is 4.79 Å². The summed E-state index contributed by atoms with van der Waals surface area (Å²) in [6.07, 6.45) is 0. The number of pyridine rings is 1. The Morgan fingerprint density at radius 2 is 1.81 bits per heavy atom. The molecular formula is C20H18ClFN4O. The summed E-state index contributed by atoms with van der Waals surface area (Å²) in [5, 5.41) is 8.37. The van der Waals surface area contributed by atoms with Crippen LogP contribution in [0.5, 0.6) is 0 Å². The monoisotopic (exact) mass is 384 g/mol. The number of aromatic amines is 1. The normalized spacial score (nSPS) is 10.6. The van der Waals surface area contributed by atoms with Crippen molar-refractivity contribution < 1.29 is 4.39 Å². The van der Waals surface area contributed by atoms with Crippen LogP contribution in [0.1, 0.15) is 11.3 Å². The van der Waals surface area contributed by atoms with Gasteiger partial charge in [0.05, 0.1) is 17.1 Å². The summed E-state index contributed by atoms with van der Waals surface area (Å²) in [5.41, 5.74) is 3.00. The number of rotatable bonds is 4. The molecule has 0 unspecified atom stereocenters. The molecule has 4 aromatic rings. The SMILES string of the molecule is Cc1nn(-c2ccccc2)c2[nH]c(=O)c(CNc3ccccc3F)cc12.Cl. The third kappa shape index (κ3) is 3.57. The molecule has 0 amide bonds. The van der Waals surface area contributed by atoms with E-state index in [1.807, 2.05) is 43.3 Å². The second-order valence-corrected chi connectivity index (χ2v) is 6.05. The molecule has 0 aliphatic rings. The zero-order valence-electron chi connectivity index (χ0n) is 14.6. The Balaban J connectivity index is 0.00000210. The van der Waals surface area contributed by atoms with E-state index in [0.717, 1.165) is 16.8 Å². The zero-order chi connectivity index (χ0) is 18.1. The number of aromatic nitrogens is 3. The number of fused-ring (bicyclic) bond motifs is 1. The smallest absolute Gasteiger partial charge is 0.254 e. The van der Waals surface area contributed by atoms with Crippen molar-refractivity contribution in [3.63, 3.8) is 0 Å². The van der Waals surface area contributed by atoms with Gasteiger partial charge in [0, 0.05) is 17.5 Å². The third-order valence-electron chi connectivity index (χ3n) is 4.29. The van der Waals surface area contributed by atoms with Crippen LogP contribution in [0, 0.1) is 12.7 Å². The first-order chi connectivity index (χ1) is 12.6. The maximum Gasteiger partial charge on any atom is 0.254 e. The molecule has 0 aliphatic carbocycles. The second-order valence-electron chi connectivity index (χ2n) is 6.05. The molecule has 138 valence electrons. The lowest BCUT2D eigenvalue weighted by atomic mass is 10.2. The van der Waals surface area contributed by atoms with Crippen LogP contribution < -0.4 is 10.9 Å². The van der Waals surface area contributed by atoms with Crippen LogP contribution >= 0.6 is 12.4 Å². The Labute approximate surface area is 161 Å². The molecule has 27 heavy (non-hydrogen) atoms. The summed E-state index contributed by atoms with van der Waals surface area (Å²) in [5.74, 6) is -0.349. The molecule has 4 rings (SSSR count). The first-order valence-corrected chi connectivity index (χ1v) is 8.29. The van der Waals surface area contributed by atoms with Crippen molar-refractivity contribution in [2.45, 2.75) is 13.5 Å². The fraction of sp³-hybridized carbons (Fsp3) is 0.100. The van der Waals surface area contributed by atoms with Gasteiger partial charge in [0.2, 0.25) is 0 Å². The van der Waals surface area contributed by atoms with Crippen molar-refractivity contribution in [1.82, 2.24) is 14.8 Å². The summed E-state index contributed by atoms with van der Waals surface area (Å²) < 4.78 is 15.5. The van der Waals surface area contributed by atoms with E-state index in [9.17, 15) is 9.18 Å². The highest BCUT2D eigenvalue weighted by Crippen LogP contribution is 2.20. The molecule has 0 radical (unpaired) electrons. The first-order valence-electron chi connectivity index (χ1n) is 8.29. The van der Waals surface area contributed by atoms with Crippen molar-refractivity contribution in [2.24, 2.45) is 0 Å². The Morgan fingerprint density at radius 1 is 1.11 bits per heavy atom. The van der Waals surface area contributed by atoms with Gasteiger partial charge in [0.1, 0.15) is 11.5 Å². The van der Waals surface area contributed by atoms with E-state index in [1.165, 1.54) is 6.07 Å². The quantitative estimate of drug-likeness (QED) is 0.554. The van der Waals surface area contributed by atoms with Gasteiger partial charge in [-0.1, -0.05) is 30.3 Å². The van der Waals surface area contributed by atoms with E-state index in [4.69, 9.17) is 0 Å². The number of hydrogen-bond acceptors (Lipinski definition) is 3. The molecule has 0 spiro atoms. The standard InChI is InChI=1S/C20H17FN4O.ClH/c1-13-16-11-14(12-22-18-10-6-5-9-17(18)21)20(26)23-19(16)25(24-13)15-7-3-2-4-8-15;/h2-11,22H,12H2,1H3,(H,23,26);1H. The second kappa shape index (κ2) is 7.63. The highest BCUT2D eigenvalue weighted by Gasteiger charge is 2.13. The molecule has 2 aromatic carbocycles. The number of halogens is 2. The molecule has 0 saturated heterocycles. The molecule has 2 heterocycles. The van der Waals surface area contributed by atoms with Crippen LogP contribution in [-0.4, -0.2) is 14.8 Å². The minimum atomic E-state index is -0.349. The summed E-state index contributed by atoms with van der Waals surface area (Å²) >= 11 is 0. The fourth-order valence-corrected chi connectivity index (χ4v) is 2.94. The predicted molar refractivity (Wildman–Crippen MR) is 107 cm³/mol. The highest BCUT2D eigenvalue weighted by atomic mass is 35.5. The van der Waals surface area contributed by atoms with Crippen LogP contribution in [0.3, 0.4) is 0 Å². The fourth-order valence-electron chi connectivity index (χ4n) is 2.94. The number of nitrogens with one attached hydrogen (secondary N) is 2. The maximum absolute atomic E-state index is 13.7. The van der Waals surface area contributed by atoms with Gasteiger partial charge in [-0.25, -0.2) is 9.07 Å². The van der Waals surface area contributed by atoms with Crippen LogP contribution in [0.25, 0.3) is 16.7 Å². The number of H-pyrrole nitrogens is 1. The molecule has 0 fully saturated rings. The number of hydrogen-bond donors (Lipinski definition) is 2. The average molecular weight is 385 g/mol. The molecule has 7 heteroatoms. The summed E-state index contributed by atoms with van der Waals surface area (Å²) in [7, 11) is 0. The van der Waals surface area contributed by atoms with Gasteiger partial charge in [0.15, 0.2) is 0 Å². The van der Waals surface area contributed by atoms with Gasteiger partial charge < -0.3 is 10.3 Å². The van der Waals surface area contributed by atoms with Crippen molar-refractivity contribution in [1.29, 1.82) is 0 Å². The maximum atomic E-state index is 13.7. The van der Waals surface area contributed by atoms with Gasteiger partial charge in [-0.15, -0.1) is 12.4 Å². The van der Waals surface area contributed by atoms with E-state index >= 15 is 0 Å². The lowest BCUT2D eigenvalue weighted by Crippen LogP contribution is -2.16. The van der Waals surface area contributed by atoms with Crippen LogP contribution in [0.15, 0.2) is 65.5 Å². The van der Waals surface area contributed by atoms with Crippen molar-refractivity contribution in [3.8, 4) is 5.69 Å². The van der Waals surface area contributed by atoms with Gasteiger partial charge in [0.25, 0.3) is 5.56 Å². The van der Waals surface area contributed by atoms with Gasteiger partial charge in [-0.2, -0.15) is 5.10 Å². The summed E-state index contributed by atoms with van der Waals surface area (Å²) in [6, 6.07) is 17.8. The van der Waals surface area contributed by atoms with Gasteiger partial charge in [-0.05, 0) is 37.3 Å². The van der Waals surface area contributed by atoms with E-state index < -0.39 is 0 Å². The number of nitrogens with zero attached hydrogens (tertiary/aromatic N) is 2. The molecule has 0 saturated carbocycles. The molecule has 2 N–H and O–H groups in total. The minimum absolute atomic E-state index is 0. The minimum Gasteiger partial charge on any atom is -0.378 e. The first kappa shape index (κ1) is 18.7. The highest BCUT2D eigenvalue weighted by molar-refractivity contribution is 5.85. The van der Waals surface area contributed by atoms with Crippen molar-refractivity contribution in [3.05, 3.63) is 88.1 Å². The van der Waals surface area contributed by atoms with Crippen LogP contribution in [0.4, 0.5) is 10.1 Å². The summed E-state index contributed by atoms with van der Waals surface area (Å²) in [6.45, 7) is 2.12. The molecule has 2 aromatic heterocycles. The van der Waals surface area contributed by atoms with E-state index in [-0.39, 0.29) is 30.3 Å². The van der Waals surface area contributed by atoms with Crippen molar-refractivity contribution in [2.75, 3.05) is 5.32 Å². The third-order valence-corrected chi connectivity index (χ3v) is 4.29. The lowest BCUT2D eigenvalue weighted by Gasteiger charge is -2.08. The van der Waals surface area contributed by atoms with Crippen molar-refractivity contribution >= 4 is 29.1 Å². The Morgan fingerprint density at radius 3 is 2.56 bits per heavy atom. The molecular weight excluding hydrogens is 367 g/mol. The van der Waals surface area contributed by atoms with E-state index in [0.29, 0.717) is 16.9 Å². The molecule has 0 aliphatic heterocycles. The topological polar surface area (TPSA) is 62.7 Å². The zero-order valence-corrected chi connectivity index (χ0v) is 15.4. The molecule has 0 atom stereocenters. The number of anilines is 1. The van der Waals surface area contributed by atoms with E-state index in [2.05, 4.69) is 15.4 Å². The van der Waals surface area contributed by atoms with E-state index in [1.54, 1.807) is 22.9 Å². The predicted octanol–water partition coefficient (Wildman–Crippen LogP) is 4.20. The Bertz CT molecular complexity index is 1140. The number of para-hydroxylation sites is 2. The summed E-state index contributed by atoms with van der Waals surface area (Å²) in [4.78, 5) is 15.4. The van der Waals surface area contributed by atoms with Gasteiger partial charge >= 0.3 is 0 Å². The Hall–Kier alpha value is -3.12. The number of aryl methyl sites for hydroxylation is 1. The lowest BCUT2D eigenvalue weighted by molar-refractivity contribution is 0.630.